The van der Waals surface area contributed by atoms with Crippen molar-refractivity contribution < 1.29 is 9.53 Å². The van der Waals surface area contributed by atoms with E-state index < -0.39 is 0 Å². The molecular formula is C19H23N5O2S. The van der Waals surface area contributed by atoms with Crippen LogP contribution in [0.3, 0.4) is 0 Å². The van der Waals surface area contributed by atoms with E-state index in [1.807, 2.05) is 20.0 Å². The summed E-state index contributed by atoms with van der Waals surface area (Å²) in [5.74, 6) is 0.915. The van der Waals surface area contributed by atoms with E-state index in [-0.39, 0.29) is 18.0 Å². The second-order valence-electron chi connectivity index (χ2n) is 7.48. The van der Waals surface area contributed by atoms with Gasteiger partial charge in [-0.3, -0.25) is 4.79 Å². The van der Waals surface area contributed by atoms with E-state index in [0.29, 0.717) is 0 Å². The van der Waals surface area contributed by atoms with Crippen LogP contribution in [-0.2, 0) is 11.2 Å². The summed E-state index contributed by atoms with van der Waals surface area (Å²) in [4.78, 5) is 32.2. The van der Waals surface area contributed by atoms with Gasteiger partial charge in [0, 0.05) is 37.3 Å². The summed E-state index contributed by atoms with van der Waals surface area (Å²) in [6, 6.07) is 0.316. The van der Waals surface area contributed by atoms with Crippen molar-refractivity contribution in [3.05, 3.63) is 33.0 Å². The van der Waals surface area contributed by atoms with E-state index in [2.05, 4.69) is 19.8 Å². The van der Waals surface area contributed by atoms with Crippen LogP contribution in [0.1, 0.15) is 50.5 Å². The van der Waals surface area contributed by atoms with Gasteiger partial charge < -0.3 is 14.5 Å². The second-order valence-corrected chi connectivity index (χ2v) is 8.69. The van der Waals surface area contributed by atoms with Crippen molar-refractivity contribution >= 4 is 23.2 Å². The number of hydrogen-bond acceptors (Lipinski definition) is 7. The Balaban J connectivity index is 1.45. The van der Waals surface area contributed by atoms with E-state index in [1.54, 1.807) is 0 Å². The fourth-order valence-corrected chi connectivity index (χ4v) is 5.40. The molecule has 2 aromatic heterocycles. The molecule has 0 N–H and O–H groups in total. The van der Waals surface area contributed by atoms with Crippen LogP contribution in [0.4, 0.5) is 5.95 Å². The maximum Gasteiger partial charge on any atom is 0.266 e. The lowest BCUT2D eigenvalue weighted by atomic mass is 9.99. The number of rotatable bonds is 2. The summed E-state index contributed by atoms with van der Waals surface area (Å²) in [5.41, 5.74) is 3.07. The molecule has 8 heteroatoms. The van der Waals surface area contributed by atoms with E-state index in [0.717, 1.165) is 78.4 Å². The van der Waals surface area contributed by atoms with Crippen LogP contribution in [0.2, 0.25) is 0 Å². The summed E-state index contributed by atoms with van der Waals surface area (Å²) in [7, 11) is 0. The number of fused-ring (bicyclic) bond motifs is 4. The molecule has 0 unspecified atom stereocenters. The monoisotopic (exact) mass is 385 g/mol. The molecule has 2 atom stereocenters. The number of amides is 1. The van der Waals surface area contributed by atoms with Crippen molar-refractivity contribution in [2.45, 2.75) is 45.2 Å². The molecule has 2 saturated heterocycles. The maximum atomic E-state index is 13.3. The van der Waals surface area contributed by atoms with Crippen LogP contribution in [0.25, 0.3) is 0 Å². The largest absolute Gasteiger partial charge is 0.378 e. The van der Waals surface area contributed by atoms with Gasteiger partial charge >= 0.3 is 0 Å². The Bertz CT molecular complexity index is 892. The highest BCUT2D eigenvalue weighted by Crippen LogP contribution is 2.44. The molecule has 3 aliphatic heterocycles. The molecule has 1 amide bonds. The first-order valence-electron chi connectivity index (χ1n) is 9.57. The van der Waals surface area contributed by atoms with Crippen LogP contribution in [0.5, 0.6) is 0 Å². The Morgan fingerprint density at radius 3 is 2.78 bits per heavy atom. The lowest BCUT2D eigenvalue weighted by Gasteiger charge is -2.36. The molecule has 7 nitrogen and oxygen atoms in total. The Morgan fingerprint density at radius 1 is 1.22 bits per heavy atom. The number of aryl methyl sites for hydroxylation is 2. The summed E-state index contributed by atoms with van der Waals surface area (Å²) in [6.07, 6.45) is 4.77. The number of ether oxygens (including phenoxy) is 1. The number of anilines is 1. The van der Waals surface area contributed by atoms with E-state index >= 15 is 0 Å². The Kier molecular flexibility index (Phi) is 4.12. The van der Waals surface area contributed by atoms with E-state index in [9.17, 15) is 4.79 Å². The van der Waals surface area contributed by atoms with Gasteiger partial charge in [0.15, 0.2) is 0 Å². The van der Waals surface area contributed by atoms with Gasteiger partial charge in [-0.2, -0.15) is 0 Å². The van der Waals surface area contributed by atoms with Crippen molar-refractivity contribution in [3.63, 3.8) is 0 Å². The average molecular weight is 385 g/mol. The van der Waals surface area contributed by atoms with Crippen molar-refractivity contribution in [1.82, 2.24) is 19.9 Å². The summed E-state index contributed by atoms with van der Waals surface area (Å²) >= 11 is 1.50. The number of aromatic nitrogens is 3. The van der Waals surface area contributed by atoms with Crippen molar-refractivity contribution in [1.29, 1.82) is 0 Å². The highest BCUT2D eigenvalue weighted by molar-refractivity contribution is 7.13. The molecule has 0 saturated carbocycles. The van der Waals surface area contributed by atoms with Gasteiger partial charge in [-0.05, 0) is 26.7 Å². The third-order valence-corrected chi connectivity index (χ3v) is 6.86. The molecule has 0 aromatic carbocycles. The average Bonchev–Trinajstić information content (AvgIpc) is 3.19. The predicted octanol–water partition coefficient (Wildman–Crippen LogP) is 2.29. The molecule has 0 spiro atoms. The maximum absolute atomic E-state index is 13.3. The number of thiazole rings is 1. The topological polar surface area (TPSA) is 71.5 Å². The zero-order valence-electron chi connectivity index (χ0n) is 15.6. The normalized spacial score (nSPS) is 24.2. The SMILES string of the molecule is Cc1nc(C)c(C(=O)N2[C@H]3CC[C@H]2c2cnc(N4CCOCC4)nc2C3)s1. The standard InChI is InChI=1S/C19H23N5O2S/c1-11-17(27-12(2)21-11)18(25)24-13-3-4-16(24)14-10-20-19(22-15(14)9-13)23-5-7-26-8-6-23/h10,13,16H,3-9H2,1-2H3/t13-,16-/m0/s1. The van der Waals surface area contributed by atoms with Gasteiger partial charge in [0.05, 0.1) is 35.7 Å². The zero-order valence-corrected chi connectivity index (χ0v) is 16.5. The Morgan fingerprint density at radius 2 is 2.04 bits per heavy atom. The van der Waals surface area contributed by atoms with Crippen LogP contribution in [0.15, 0.2) is 6.20 Å². The van der Waals surface area contributed by atoms with Crippen molar-refractivity contribution in [3.8, 4) is 0 Å². The van der Waals surface area contributed by atoms with Crippen molar-refractivity contribution in [2.24, 2.45) is 0 Å². The number of carbonyl (C=O) groups excluding carboxylic acids is 1. The van der Waals surface area contributed by atoms with Crippen LogP contribution in [0, 0.1) is 13.8 Å². The lowest BCUT2D eigenvalue weighted by Crippen LogP contribution is -2.43. The minimum absolute atomic E-state index is 0.0896. The molecule has 27 heavy (non-hydrogen) atoms. The van der Waals surface area contributed by atoms with Gasteiger partial charge in [0.1, 0.15) is 4.88 Å². The van der Waals surface area contributed by atoms with Crippen molar-refractivity contribution in [2.75, 3.05) is 31.2 Å². The fourth-order valence-electron chi connectivity index (χ4n) is 4.54. The third-order valence-electron chi connectivity index (χ3n) is 5.80. The zero-order chi connectivity index (χ0) is 18.5. The molecule has 0 aliphatic carbocycles. The number of hydrogen-bond donors (Lipinski definition) is 0. The fraction of sp³-hybridized carbons (Fsp3) is 0.579. The predicted molar refractivity (Wildman–Crippen MR) is 102 cm³/mol. The molecule has 0 radical (unpaired) electrons. The third kappa shape index (κ3) is 2.82. The molecule has 2 bridgehead atoms. The summed E-state index contributed by atoms with van der Waals surface area (Å²) < 4.78 is 5.43. The minimum atomic E-state index is 0.0896. The first-order valence-corrected chi connectivity index (χ1v) is 10.4. The second kappa shape index (κ2) is 6.53. The molecule has 2 fully saturated rings. The van der Waals surface area contributed by atoms with Gasteiger partial charge in [0.25, 0.3) is 5.91 Å². The van der Waals surface area contributed by atoms with Gasteiger partial charge in [-0.15, -0.1) is 11.3 Å². The molecular weight excluding hydrogens is 362 g/mol. The van der Waals surface area contributed by atoms with E-state index in [4.69, 9.17) is 9.72 Å². The molecule has 142 valence electrons. The van der Waals surface area contributed by atoms with Crippen LogP contribution >= 0.6 is 11.3 Å². The molecule has 3 aliphatic rings. The Hall–Kier alpha value is -2.06. The van der Waals surface area contributed by atoms with E-state index in [1.165, 1.54) is 11.3 Å². The number of nitrogens with zero attached hydrogens (tertiary/aromatic N) is 5. The highest BCUT2D eigenvalue weighted by atomic mass is 32.1. The van der Waals surface area contributed by atoms with Crippen LogP contribution < -0.4 is 4.90 Å². The van der Waals surface area contributed by atoms with Gasteiger partial charge in [-0.25, -0.2) is 15.0 Å². The number of carbonyl (C=O) groups is 1. The summed E-state index contributed by atoms with van der Waals surface area (Å²) in [5, 5.41) is 0.944. The Labute approximate surface area is 162 Å². The minimum Gasteiger partial charge on any atom is -0.378 e. The molecule has 2 aromatic rings. The van der Waals surface area contributed by atoms with Gasteiger partial charge in [-0.1, -0.05) is 0 Å². The quantitative estimate of drug-likeness (QED) is 0.790. The smallest absolute Gasteiger partial charge is 0.266 e. The number of morpholine rings is 1. The summed E-state index contributed by atoms with van der Waals surface area (Å²) in [6.45, 7) is 6.99. The first-order chi connectivity index (χ1) is 13.1. The molecule has 5 rings (SSSR count). The lowest BCUT2D eigenvalue weighted by molar-refractivity contribution is 0.0648. The molecule has 5 heterocycles. The first kappa shape index (κ1) is 17.1. The van der Waals surface area contributed by atoms with Gasteiger partial charge in [0.2, 0.25) is 5.95 Å². The highest BCUT2D eigenvalue weighted by Gasteiger charge is 2.44. The van der Waals surface area contributed by atoms with Crippen LogP contribution in [-0.4, -0.2) is 58.1 Å².